The molecule has 10 nitrogen and oxygen atoms in total. The summed E-state index contributed by atoms with van der Waals surface area (Å²) < 4.78 is 8.26. The van der Waals surface area contributed by atoms with Crippen molar-refractivity contribution in [3.63, 3.8) is 0 Å². The summed E-state index contributed by atoms with van der Waals surface area (Å²) in [6.45, 7) is 25.0. The number of alkyl halides is 2. The molecule has 2 atom stereocenters. The van der Waals surface area contributed by atoms with Gasteiger partial charge in [-0.15, -0.1) is 23.2 Å². The molecular formula is C32H66Cl2O10. The van der Waals surface area contributed by atoms with Gasteiger partial charge in [-0.2, -0.15) is 0 Å². The first-order valence-corrected chi connectivity index (χ1v) is 16.1. The molecule has 0 saturated heterocycles. The van der Waals surface area contributed by atoms with Crippen LogP contribution in [0.4, 0.5) is 0 Å². The van der Waals surface area contributed by atoms with Crippen LogP contribution in [-0.2, 0) is 38.2 Å². The normalized spacial score (nSPS) is 11.0. The van der Waals surface area contributed by atoms with E-state index in [1.54, 1.807) is 27.7 Å². The average Bonchev–Trinajstić information content (AvgIpc) is 3.07. The first-order valence-electron chi connectivity index (χ1n) is 15.1. The van der Waals surface area contributed by atoms with Crippen molar-refractivity contribution < 1.29 is 48.5 Å². The fourth-order valence-corrected chi connectivity index (χ4v) is 2.40. The first-order chi connectivity index (χ1) is 20.5. The zero-order valence-corrected chi connectivity index (χ0v) is 32.1. The number of carbonyl (C=O) groups is 6. The number of hydrogen-bond acceptors (Lipinski definition) is 10. The lowest BCUT2D eigenvalue weighted by atomic mass is 9.80. The highest BCUT2D eigenvalue weighted by Gasteiger charge is 2.32. The van der Waals surface area contributed by atoms with Gasteiger partial charge in [-0.25, -0.2) is 0 Å². The molecule has 268 valence electrons. The van der Waals surface area contributed by atoms with Crippen molar-refractivity contribution >= 4 is 58.3 Å². The molecule has 0 amide bonds. The fraction of sp³-hybridized carbons (Fsp3) is 0.812. The third-order valence-corrected chi connectivity index (χ3v) is 5.27. The van der Waals surface area contributed by atoms with Gasteiger partial charge >= 0.3 is 11.9 Å². The molecule has 0 aliphatic heterocycles. The van der Waals surface area contributed by atoms with Gasteiger partial charge in [0.1, 0.15) is 34.9 Å². The molecule has 0 aromatic heterocycles. The molecule has 0 spiro atoms. The highest BCUT2D eigenvalue weighted by molar-refractivity contribution is 6.26. The lowest BCUT2D eigenvalue weighted by Gasteiger charge is -2.23. The summed E-state index contributed by atoms with van der Waals surface area (Å²) in [7, 11) is 2.59. The summed E-state index contributed by atoms with van der Waals surface area (Å²) in [4.78, 5) is 63.8. The van der Waals surface area contributed by atoms with E-state index in [0.717, 1.165) is 0 Å². The monoisotopic (exact) mass is 680 g/mol. The third kappa shape index (κ3) is 42.3. The molecule has 0 aliphatic carbocycles. The zero-order valence-electron chi connectivity index (χ0n) is 30.6. The lowest BCUT2D eigenvalue weighted by molar-refractivity contribution is -0.138. The van der Waals surface area contributed by atoms with Crippen LogP contribution >= 0.6 is 23.2 Å². The van der Waals surface area contributed by atoms with Gasteiger partial charge in [-0.3, -0.25) is 28.8 Å². The molecule has 0 aromatic rings. The minimum absolute atomic E-state index is 0.0263. The molecule has 12 heteroatoms. The van der Waals surface area contributed by atoms with Crippen LogP contribution in [0.2, 0.25) is 0 Å². The van der Waals surface area contributed by atoms with Crippen LogP contribution < -0.4 is 0 Å². The second-order valence-electron chi connectivity index (χ2n) is 8.14. The van der Waals surface area contributed by atoms with Crippen LogP contribution in [0.1, 0.15) is 123 Å². The minimum Gasteiger partial charge on any atom is -0.468 e. The Morgan fingerprint density at radius 1 is 0.614 bits per heavy atom. The SMILES string of the molecule is CC.CC.CC.CC.CC(=O)CC(C)(CO)C(C)=O.CCC(=O)CC(C)(CO)C(=O)CC.COC(=O)CCl.COC(=O)CCl. The number of Topliss-reactive ketones (excluding diaryl/α,β-unsaturated/α-hetero) is 4. The van der Waals surface area contributed by atoms with Crippen molar-refractivity contribution in [2.24, 2.45) is 10.8 Å². The Morgan fingerprint density at radius 2 is 0.932 bits per heavy atom. The van der Waals surface area contributed by atoms with E-state index in [2.05, 4.69) is 9.47 Å². The van der Waals surface area contributed by atoms with E-state index < -0.39 is 22.8 Å². The summed E-state index contributed by atoms with van der Waals surface area (Å²) >= 11 is 9.96. The van der Waals surface area contributed by atoms with Gasteiger partial charge in [0.15, 0.2) is 0 Å². The number of hydrogen-bond donors (Lipinski definition) is 2. The molecule has 2 N–H and O–H groups in total. The molecule has 0 aliphatic rings. The van der Waals surface area contributed by atoms with Gasteiger partial charge in [-0.05, 0) is 20.8 Å². The lowest BCUT2D eigenvalue weighted by Crippen LogP contribution is -2.33. The molecule has 0 saturated carbocycles. The van der Waals surface area contributed by atoms with Crippen LogP contribution in [0.5, 0.6) is 0 Å². The van der Waals surface area contributed by atoms with Crippen molar-refractivity contribution in [1.82, 2.24) is 0 Å². The Balaban J connectivity index is -0.0000000629. The Hall–Kier alpha value is -1.88. The number of rotatable bonds is 12. The fourth-order valence-electron chi connectivity index (χ4n) is 2.18. The van der Waals surface area contributed by atoms with Gasteiger partial charge in [0, 0.05) is 25.7 Å². The summed E-state index contributed by atoms with van der Waals surface area (Å²) in [5.41, 5.74) is -1.73. The summed E-state index contributed by atoms with van der Waals surface area (Å²) in [6, 6.07) is 0. The number of methoxy groups -OCH3 is 2. The second-order valence-corrected chi connectivity index (χ2v) is 8.67. The number of aliphatic hydroxyl groups is 2. The van der Waals surface area contributed by atoms with E-state index >= 15 is 0 Å². The smallest absolute Gasteiger partial charge is 0.320 e. The summed E-state index contributed by atoms with van der Waals surface area (Å²) in [6.07, 6.45) is 1.08. The van der Waals surface area contributed by atoms with Crippen LogP contribution in [0.25, 0.3) is 0 Å². The predicted octanol–water partition coefficient (Wildman–Crippen LogP) is 6.79. The molecule has 0 aromatic carbocycles. The Labute approximate surface area is 278 Å². The molecule has 0 radical (unpaired) electrons. The Bertz CT molecular complexity index is 673. The maximum absolute atomic E-state index is 11.4. The maximum atomic E-state index is 11.4. The topological polar surface area (TPSA) is 161 Å². The van der Waals surface area contributed by atoms with Gasteiger partial charge in [0.25, 0.3) is 0 Å². The van der Waals surface area contributed by atoms with E-state index in [-0.39, 0.29) is 60.9 Å². The molecule has 2 unspecified atom stereocenters. The Kier molecular flexibility index (Phi) is 63.3. The summed E-state index contributed by atoms with van der Waals surface area (Å²) in [5, 5.41) is 17.9. The zero-order chi connectivity index (χ0) is 37.5. The molecular weight excluding hydrogens is 615 g/mol. The quantitative estimate of drug-likeness (QED) is 0.166. The average molecular weight is 682 g/mol. The van der Waals surface area contributed by atoms with Gasteiger partial charge in [-0.1, -0.05) is 76.2 Å². The van der Waals surface area contributed by atoms with Crippen molar-refractivity contribution in [1.29, 1.82) is 0 Å². The van der Waals surface area contributed by atoms with Crippen LogP contribution in [0.15, 0.2) is 0 Å². The third-order valence-electron chi connectivity index (χ3n) is 4.84. The van der Waals surface area contributed by atoms with Crippen molar-refractivity contribution in [2.75, 3.05) is 39.2 Å². The number of esters is 2. The van der Waals surface area contributed by atoms with E-state index in [4.69, 9.17) is 33.4 Å². The Morgan fingerprint density at radius 3 is 1.05 bits per heavy atom. The van der Waals surface area contributed by atoms with Crippen molar-refractivity contribution in [3.8, 4) is 0 Å². The predicted molar refractivity (Wildman–Crippen MR) is 182 cm³/mol. The van der Waals surface area contributed by atoms with Crippen molar-refractivity contribution in [2.45, 2.75) is 123 Å². The van der Waals surface area contributed by atoms with Crippen molar-refractivity contribution in [3.05, 3.63) is 0 Å². The molecule has 0 heterocycles. The minimum atomic E-state index is -0.869. The molecule has 44 heavy (non-hydrogen) atoms. The highest BCUT2D eigenvalue weighted by atomic mass is 35.5. The van der Waals surface area contributed by atoms with Gasteiger partial charge < -0.3 is 19.7 Å². The molecule has 0 fully saturated rings. The summed E-state index contributed by atoms with van der Waals surface area (Å²) in [5.74, 6) is -1.14. The second kappa shape index (κ2) is 45.5. The van der Waals surface area contributed by atoms with E-state index in [0.29, 0.717) is 12.8 Å². The highest BCUT2D eigenvalue weighted by Crippen LogP contribution is 2.24. The van der Waals surface area contributed by atoms with E-state index in [1.165, 1.54) is 28.1 Å². The number of carbonyl (C=O) groups excluding carboxylic acids is 6. The van der Waals surface area contributed by atoms with Gasteiger partial charge in [0.05, 0.1) is 38.3 Å². The number of ketones is 4. The molecule has 0 bridgehead atoms. The largest absolute Gasteiger partial charge is 0.468 e. The number of ether oxygens (including phenoxy) is 2. The van der Waals surface area contributed by atoms with Crippen LogP contribution in [-0.4, -0.2) is 84.5 Å². The van der Waals surface area contributed by atoms with Crippen LogP contribution in [0, 0.1) is 10.8 Å². The number of aliphatic hydroxyl groups excluding tert-OH is 2. The van der Waals surface area contributed by atoms with Crippen LogP contribution in [0.3, 0.4) is 0 Å². The van der Waals surface area contributed by atoms with E-state index in [9.17, 15) is 28.8 Å². The number of halogens is 2. The first kappa shape index (κ1) is 61.2. The maximum Gasteiger partial charge on any atom is 0.320 e. The van der Waals surface area contributed by atoms with Gasteiger partial charge in [0.2, 0.25) is 0 Å². The standard InChI is InChI=1S/C10H18O3.C8H14O3.2C3H5ClO2.4C2H6/c1-4-8(12)6-10(3,7-11)9(13)5-2;1-6(10)4-8(3,5-9)7(2)11;2*1-6-3(5)2-4;4*1-2/h11H,4-7H2,1-3H3;9H,4-5H2,1-3H3;2*2H2,1H3;4*1-2H3. The molecule has 0 rings (SSSR count). The van der Waals surface area contributed by atoms with E-state index in [1.807, 2.05) is 55.4 Å².